The molecule has 0 radical (unpaired) electrons. The van der Waals surface area contributed by atoms with Crippen molar-refractivity contribution in [1.82, 2.24) is 20.6 Å². The summed E-state index contributed by atoms with van der Waals surface area (Å²) in [6, 6.07) is 3.49. The zero-order valence-corrected chi connectivity index (χ0v) is 16.8. The van der Waals surface area contributed by atoms with Gasteiger partial charge in [0.2, 0.25) is 0 Å². The Morgan fingerprint density at radius 2 is 1.86 bits per heavy atom. The lowest BCUT2D eigenvalue weighted by Gasteiger charge is -2.33. The van der Waals surface area contributed by atoms with Crippen molar-refractivity contribution in [3.63, 3.8) is 0 Å². The van der Waals surface area contributed by atoms with Crippen LogP contribution in [-0.4, -0.2) is 65.6 Å². The van der Waals surface area contributed by atoms with Gasteiger partial charge in [0, 0.05) is 19.6 Å². The van der Waals surface area contributed by atoms with Gasteiger partial charge in [0.05, 0.1) is 13.1 Å². The summed E-state index contributed by atoms with van der Waals surface area (Å²) in [5, 5.41) is 12.7. The van der Waals surface area contributed by atoms with Crippen LogP contribution < -0.4 is 10.2 Å². The summed E-state index contributed by atoms with van der Waals surface area (Å²) >= 11 is 0. The fourth-order valence-electron chi connectivity index (χ4n) is 2.88. The van der Waals surface area contributed by atoms with Gasteiger partial charge in [-0.3, -0.25) is 4.79 Å². The van der Waals surface area contributed by atoms with Gasteiger partial charge in [-0.1, -0.05) is 12.8 Å². The number of hydrogen-bond donors (Lipinski definition) is 1. The lowest BCUT2D eigenvalue weighted by atomic mass is 10.2. The van der Waals surface area contributed by atoms with E-state index in [1.807, 2.05) is 4.90 Å². The van der Waals surface area contributed by atoms with E-state index in [9.17, 15) is 9.59 Å². The number of nitrogens with zero attached hydrogens (tertiary/aromatic N) is 4. The molecule has 9 heteroatoms. The van der Waals surface area contributed by atoms with Crippen LogP contribution in [0.2, 0.25) is 0 Å². The van der Waals surface area contributed by atoms with E-state index < -0.39 is 11.8 Å². The molecule has 1 saturated carbocycles. The highest BCUT2D eigenvalue weighted by Crippen LogP contribution is 2.31. The summed E-state index contributed by atoms with van der Waals surface area (Å²) in [6.07, 6.45) is 2.89. The topological polar surface area (TPSA) is 96.9 Å². The molecule has 0 atom stereocenters. The zero-order valence-electron chi connectivity index (χ0n) is 16.8. The van der Waals surface area contributed by atoms with E-state index in [1.54, 1.807) is 38.0 Å². The minimum Gasteiger partial charge on any atom is -0.427 e. The molecule has 0 aromatic carbocycles. The quantitative estimate of drug-likeness (QED) is 0.736. The van der Waals surface area contributed by atoms with E-state index in [0.717, 1.165) is 12.3 Å². The third kappa shape index (κ3) is 6.33. The van der Waals surface area contributed by atoms with Crippen LogP contribution in [-0.2, 0) is 9.57 Å². The Hall–Kier alpha value is -2.42. The van der Waals surface area contributed by atoms with Crippen molar-refractivity contribution >= 4 is 17.9 Å². The second-order valence-electron chi connectivity index (χ2n) is 8.24. The molecular formula is C19H29N5O4. The molecule has 154 valence electrons. The first-order chi connectivity index (χ1) is 13.3. The number of carbonyl (C=O) groups excluding carboxylic acids is 2. The van der Waals surface area contributed by atoms with Crippen molar-refractivity contribution in [2.24, 2.45) is 5.92 Å². The molecule has 1 aliphatic heterocycles. The van der Waals surface area contributed by atoms with Gasteiger partial charge >= 0.3 is 6.16 Å². The van der Waals surface area contributed by atoms with Crippen molar-refractivity contribution in [2.75, 3.05) is 37.6 Å². The molecule has 1 saturated heterocycles. The predicted molar refractivity (Wildman–Crippen MR) is 103 cm³/mol. The smallest absolute Gasteiger partial charge is 0.427 e. The molecule has 0 unspecified atom stereocenters. The van der Waals surface area contributed by atoms with E-state index >= 15 is 0 Å². The van der Waals surface area contributed by atoms with Gasteiger partial charge in [0.25, 0.3) is 5.91 Å². The Balaban J connectivity index is 1.42. The maximum Gasteiger partial charge on any atom is 0.528 e. The molecule has 2 aliphatic rings. The molecule has 1 aromatic heterocycles. The Kier molecular flexibility index (Phi) is 6.33. The SMILES string of the molecule is CC(C)(C)OC(=O)ON1CCN(c2ccc(C(=O)NCCC3CC3)nn2)CC1. The number of carbonyl (C=O) groups is 2. The van der Waals surface area contributed by atoms with Crippen LogP contribution in [0.25, 0.3) is 0 Å². The van der Waals surface area contributed by atoms with Crippen LogP contribution in [0, 0.1) is 5.92 Å². The van der Waals surface area contributed by atoms with Crippen molar-refractivity contribution in [2.45, 2.75) is 45.6 Å². The highest BCUT2D eigenvalue weighted by Gasteiger charge is 2.25. The van der Waals surface area contributed by atoms with Crippen molar-refractivity contribution < 1.29 is 19.2 Å². The van der Waals surface area contributed by atoms with E-state index in [-0.39, 0.29) is 5.91 Å². The molecule has 9 nitrogen and oxygen atoms in total. The highest BCUT2D eigenvalue weighted by atomic mass is 16.8. The molecule has 0 spiro atoms. The van der Waals surface area contributed by atoms with Gasteiger partial charge in [0.1, 0.15) is 5.60 Å². The Bertz CT molecular complexity index is 677. The fraction of sp³-hybridized carbons (Fsp3) is 0.684. The first-order valence-corrected chi connectivity index (χ1v) is 9.83. The summed E-state index contributed by atoms with van der Waals surface area (Å²) in [6.45, 7) is 8.39. The lowest BCUT2D eigenvalue weighted by Crippen LogP contribution is -2.47. The summed E-state index contributed by atoms with van der Waals surface area (Å²) in [4.78, 5) is 31.1. The number of aromatic nitrogens is 2. The average molecular weight is 391 g/mol. The third-order valence-corrected chi connectivity index (χ3v) is 4.57. The Morgan fingerprint density at radius 1 is 1.14 bits per heavy atom. The van der Waals surface area contributed by atoms with Crippen LogP contribution >= 0.6 is 0 Å². The molecule has 3 rings (SSSR count). The molecule has 1 amide bonds. The summed E-state index contributed by atoms with van der Waals surface area (Å²) in [5.41, 5.74) is -0.257. The number of hydrogen-bond acceptors (Lipinski definition) is 8. The van der Waals surface area contributed by atoms with E-state index in [0.29, 0.717) is 44.2 Å². The fourth-order valence-corrected chi connectivity index (χ4v) is 2.88. The maximum absolute atomic E-state index is 12.1. The molecule has 1 aromatic rings. The standard InChI is InChI=1S/C19H29N5O4/c1-19(2,3)27-18(26)28-24-12-10-23(11-13-24)16-7-6-15(21-22-16)17(25)20-9-8-14-4-5-14/h6-7,14H,4-5,8-13H2,1-3H3,(H,20,25). The first-order valence-electron chi connectivity index (χ1n) is 9.83. The molecule has 1 aliphatic carbocycles. The third-order valence-electron chi connectivity index (χ3n) is 4.57. The van der Waals surface area contributed by atoms with Crippen molar-refractivity contribution in [3.05, 3.63) is 17.8 Å². The Morgan fingerprint density at radius 3 is 2.43 bits per heavy atom. The van der Waals surface area contributed by atoms with Gasteiger partial charge in [-0.05, 0) is 45.2 Å². The highest BCUT2D eigenvalue weighted by molar-refractivity contribution is 5.92. The molecule has 2 fully saturated rings. The minimum atomic E-state index is -0.696. The normalized spacial score (nSPS) is 17.9. The first kappa shape index (κ1) is 20.3. The van der Waals surface area contributed by atoms with Gasteiger partial charge in [-0.15, -0.1) is 15.3 Å². The second kappa shape index (κ2) is 8.72. The number of piperazine rings is 1. The molecule has 1 N–H and O–H groups in total. The summed E-state index contributed by atoms with van der Waals surface area (Å²) in [7, 11) is 0. The van der Waals surface area contributed by atoms with Crippen molar-refractivity contribution in [1.29, 1.82) is 0 Å². The van der Waals surface area contributed by atoms with Crippen LogP contribution in [0.5, 0.6) is 0 Å². The molecule has 28 heavy (non-hydrogen) atoms. The van der Waals surface area contributed by atoms with E-state index in [4.69, 9.17) is 9.57 Å². The van der Waals surface area contributed by atoms with E-state index in [1.165, 1.54) is 12.8 Å². The van der Waals surface area contributed by atoms with Crippen LogP contribution in [0.4, 0.5) is 10.6 Å². The Labute approximate surface area is 165 Å². The average Bonchev–Trinajstić information content (AvgIpc) is 3.45. The number of ether oxygens (including phenoxy) is 1. The zero-order chi connectivity index (χ0) is 20.1. The maximum atomic E-state index is 12.1. The summed E-state index contributed by atoms with van der Waals surface area (Å²) in [5.74, 6) is 1.30. The van der Waals surface area contributed by atoms with Gasteiger partial charge in [-0.2, -0.15) is 0 Å². The second-order valence-corrected chi connectivity index (χ2v) is 8.24. The van der Waals surface area contributed by atoms with Crippen LogP contribution in [0.3, 0.4) is 0 Å². The largest absolute Gasteiger partial charge is 0.528 e. The van der Waals surface area contributed by atoms with Crippen molar-refractivity contribution in [3.8, 4) is 0 Å². The van der Waals surface area contributed by atoms with Crippen LogP contribution in [0.1, 0.15) is 50.5 Å². The number of hydroxylamine groups is 2. The van der Waals surface area contributed by atoms with Gasteiger partial charge in [0.15, 0.2) is 11.5 Å². The van der Waals surface area contributed by atoms with Gasteiger partial charge in [-0.25, -0.2) is 4.79 Å². The minimum absolute atomic E-state index is 0.185. The van der Waals surface area contributed by atoms with Crippen LogP contribution in [0.15, 0.2) is 12.1 Å². The summed E-state index contributed by atoms with van der Waals surface area (Å²) < 4.78 is 5.16. The van der Waals surface area contributed by atoms with E-state index in [2.05, 4.69) is 15.5 Å². The molecular weight excluding hydrogens is 362 g/mol. The van der Waals surface area contributed by atoms with Gasteiger partial charge < -0.3 is 19.8 Å². The predicted octanol–water partition coefficient (Wildman–Crippen LogP) is 2.00. The molecule has 0 bridgehead atoms. The monoisotopic (exact) mass is 391 g/mol. The number of nitrogens with one attached hydrogen (secondary N) is 1. The molecule has 2 heterocycles. The number of amides is 1. The number of rotatable bonds is 6. The number of anilines is 1. The lowest BCUT2D eigenvalue weighted by molar-refractivity contribution is -0.144.